The molecule has 0 saturated carbocycles. The quantitative estimate of drug-likeness (QED) is 0.252. The number of non-ortho nitro benzene ring substituents is 1. The van der Waals surface area contributed by atoms with Gasteiger partial charge in [0.1, 0.15) is 0 Å². The summed E-state index contributed by atoms with van der Waals surface area (Å²) >= 11 is 0. The zero-order valence-corrected chi connectivity index (χ0v) is 16.7. The summed E-state index contributed by atoms with van der Waals surface area (Å²) < 4.78 is 49.6. The molecule has 0 spiro atoms. The standard InChI is InChI=1S/C15H22FN3O5SSi/c1-17-11-26(2,3,16)24-15(17)14-5-4-10-18(14)25(22,23)13-8-6-12(7-9-13)19(20)21/h6-9,14H,4-5,10-11H2,1-3H3/t14-/m1/s1. The Morgan fingerprint density at radius 2 is 1.96 bits per heavy atom. The number of sulfonamides is 1. The van der Waals surface area contributed by atoms with E-state index in [-0.39, 0.29) is 16.8 Å². The van der Waals surface area contributed by atoms with Crippen molar-refractivity contribution in [2.75, 3.05) is 19.8 Å². The summed E-state index contributed by atoms with van der Waals surface area (Å²) in [5.74, 6) is 0.355. The van der Waals surface area contributed by atoms with Gasteiger partial charge in [-0.25, -0.2) is 0 Å². The third kappa shape index (κ3) is 3.38. The number of nitrogens with zero attached hydrogens (tertiary/aromatic N) is 3. The zero-order valence-electron chi connectivity index (χ0n) is 14.9. The van der Waals surface area contributed by atoms with Gasteiger partial charge in [-0.2, -0.15) is 0 Å². The number of rotatable bonds is 4. The summed E-state index contributed by atoms with van der Waals surface area (Å²) in [6, 6.07) is 4.21. The molecule has 0 bridgehead atoms. The summed E-state index contributed by atoms with van der Waals surface area (Å²) in [4.78, 5) is 10.2. The van der Waals surface area contributed by atoms with E-state index in [9.17, 15) is 22.6 Å². The van der Waals surface area contributed by atoms with Gasteiger partial charge in [0.25, 0.3) is 0 Å². The van der Waals surface area contributed by atoms with Crippen molar-refractivity contribution in [1.82, 2.24) is 4.31 Å². The van der Waals surface area contributed by atoms with Crippen LogP contribution in [-0.4, -0.2) is 61.9 Å². The van der Waals surface area contributed by atoms with Gasteiger partial charge in [0, 0.05) is 0 Å². The molecule has 1 atom stereocenters. The number of nitro benzene ring substituents is 1. The van der Waals surface area contributed by atoms with E-state index < -0.39 is 28.9 Å². The molecule has 2 aliphatic heterocycles. The molecule has 144 valence electrons. The second-order valence-corrected chi connectivity index (χ2v) is 14.8. The molecule has 0 aromatic heterocycles. The van der Waals surface area contributed by atoms with Crippen LogP contribution in [0.4, 0.5) is 9.80 Å². The predicted octanol–water partition coefficient (Wildman–Crippen LogP) is 1.98. The van der Waals surface area contributed by atoms with Crippen molar-refractivity contribution in [3.8, 4) is 0 Å². The first kappa shape index (κ1) is 18.9. The van der Waals surface area contributed by atoms with Crippen molar-refractivity contribution in [3.63, 3.8) is 0 Å². The van der Waals surface area contributed by atoms with Crippen LogP contribution in [0.5, 0.6) is 0 Å². The van der Waals surface area contributed by atoms with E-state index in [0.717, 1.165) is 12.1 Å². The SMILES string of the molecule is C[N+]1=C([C@H]2CCCN2S(=O)(=O)c2ccc([N+](=O)[O-])cc2)O[Si-](C)(C)(F)C1. The minimum atomic E-state index is -4.06. The summed E-state index contributed by atoms with van der Waals surface area (Å²) in [5, 5.41) is 10.8. The van der Waals surface area contributed by atoms with Gasteiger partial charge in [-0.1, -0.05) is 0 Å². The molecule has 8 nitrogen and oxygen atoms in total. The van der Waals surface area contributed by atoms with Gasteiger partial charge >= 0.3 is 151 Å². The predicted molar refractivity (Wildman–Crippen MR) is 95.7 cm³/mol. The fourth-order valence-electron chi connectivity index (χ4n) is 3.64. The molecule has 0 aliphatic carbocycles. The van der Waals surface area contributed by atoms with E-state index in [2.05, 4.69) is 0 Å². The zero-order chi connectivity index (χ0) is 19.4. The van der Waals surface area contributed by atoms with Crippen LogP contribution in [0, 0.1) is 10.1 Å². The Kier molecular flexibility index (Phi) is 4.24. The van der Waals surface area contributed by atoms with E-state index in [4.69, 9.17) is 4.43 Å². The normalized spacial score (nSPS) is 26.9. The fourth-order valence-corrected chi connectivity index (χ4v) is 7.77. The molecule has 1 saturated heterocycles. The maximum absolute atomic E-state index is 15.0. The van der Waals surface area contributed by atoms with E-state index in [1.807, 2.05) is 0 Å². The Labute approximate surface area is 151 Å². The Hall–Kier alpha value is -1.85. The second-order valence-electron chi connectivity index (χ2n) is 7.67. The maximum atomic E-state index is 15.0. The summed E-state index contributed by atoms with van der Waals surface area (Å²) in [5.41, 5.74) is -0.178. The van der Waals surface area contributed by atoms with Crippen LogP contribution in [0.15, 0.2) is 29.2 Å². The van der Waals surface area contributed by atoms with E-state index in [1.54, 1.807) is 11.6 Å². The van der Waals surface area contributed by atoms with Gasteiger partial charge in [-0.05, 0) is 0 Å². The number of hydrogen-bond acceptors (Lipinski definition) is 5. The van der Waals surface area contributed by atoms with Crippen molar-refractivity contribution in [3.05, 3.63) is 34.4 Å². The van der Waals surface area contributed by atoms with Crippen LogP contribution < -0.4 is 0 Å². The summed E-state index contributed by atoms with van der Waals surface area (Å²) in [6.45, 7) is 3.25. The molecule has 1 aromatic rings. The van der Waals surface area contributed by atoms with Gasteiger partial charge in [0.15, 0.2) is 0 Å². The molecule has 0 amide bonds. The topological polar surface area (TPSA) is 92.8 Å². The molecule has 2 heterocycles. The van der Waals surface area contributed by atoms with E-state index >= 15 is 0 Å². The molecule has 0 N–H and O–H groups in total. The van der Waals surface area contributed by atoms with Crippen molar-refractivity contribution in [1.29, 1.82) is 0 Å². The third-order valence-corrected chi connectivity index (χ3v) is 8.73. The molecule has 1 aromatic carbocycles. The molecule has 26 heavy (non-hydrogen) atoms. The number of halogens is 1. The molecule has 2 aliphatic rings. The van der Waals surface area contributed by atoms with Crippen molar-refractivity contribution >= 4 is 29.5 Å². The van der Waals surface area contributed by atoms with Gasteiger partial charge < -0.3 is 0 Å². The second kappa shape index (κ2) is 5.83. The Balaban J connectivity index is 1.92. The first-order chi connectivity index (χ1) is 11.9. The molecular weight excluding hydrogens is 381 g/mol. The van der Waals surface area contributed by atoms with Crippen molar-refractivity contribution < 1.29 is 26.5 Å². The van der Waals surface area contributed by atoms with Gasteiger partial charge in [0.05, 0.1) is 0 Å². The minimum absolute atomic E-state index is 0.0241. The van der Waals surface area contributed by atoms with Crippen LogP contribution in [0.3, 0.4) is 0 Å². The van der Waals surface area contributed by atoms with E-state index in [0.29, 0.717) is 25.3 Å². The van der Waals surface area contributed by atoms with Crippen LogP contribution in [0.2, 0.25) is 13.1 Å². The number of hydrogen-bond donors (Lipinski definition) is 0. The number of benzene rings is 1. The van der Waals surface area contributed by atoms with Crippen LogP contribution in [0.1, 0.15) is 12.8 Å². The molecule has 1 fully saturated rings. The van der Waals surface area contributed by atoms with Crippen LogP contribution in [-0.2, 0) is 14.4 Å². The fraction of sp³-hybridized carbons (Fsp3) is 0.533. The first-order valence-corrected chi connectivity index (χ1v) is 13.3. The van der Waals surface area contributed by atoms with E-state index in [1.165, 1.54) is 29.5 Å². The van der Waals surface area contributed by atoms with Gasteiger partial charge in [0.2, 0.25) is 0 Å². The molecule has 0 unspecified atom stereocenters. The van der Waals surface area contributed by atoms with Crippen molar-refractivity contribution in [2.45, 2.75) is 36.9 Å². The monoisotopic (exact) mass is 403 g/mol. The van der Waals surface area contributed by atoms with Gasteiger partial charge in [-0.15, -0.1) is 0 Å². The summed E-state index contributed by atoms with van der Waals surface area (Å²) in [7, 11) is -6.23. The Morgan fingerprint density at radius 1 is 1.35 bits per heavy atom. The Morgan fingerprint density at radius 3 is 2.46 bits per heavy atom. The number of nitro groups is 1. The molecule has 0 radical (unpaired) electrons. The molecular formula is C15H22FN3O5SSi. The average Bonchev–Trinajstić information content (AvgIpc) is 3.09. The first-order valence-electron chi connectivity index (χ1n) is 8.34. The molecule has 11 heteroatoms. The van der Waals surface area contributed by atoms with Crippen LogP contribution in [0.25, 0.3) is 0 Å². The third-order valence-electron chi connectivity index (χ3n) is 4.62. The summed E-state index contributed by atoms with van der Waals surface area (Å²) in [6.07, 6.45) is 1.33. The van der Waals surface area contributed by atoms with Gasteiger partial charge in [-0.3, -0.25) is 0 Å². The Bertz CT molecular complexity index is 892. The van der Waals surface area contributed by atoms with Crippen molar-refractivity contribution in [2.24, 2.45) is 0 Å². The van der Waals surface area contributed by atoms with Crippen LogP contribution >= 0.6 is 0 Å². The molecule has 3 rings (SSSR count). The average molecular weight is 404 g/mol.